The van der Waals surface area contributed by atoms with Gasteiger partial charge in [-0.1, -0.05) is 30.3 Å². The molecule has 1 amide bonds. The first-order valence-electron chi connectivity index (χ1n) is 9.01. The van der Waals surface area contributed by atoms with E-state index in [9.17, 15) is 4.79 Å². The Morgan fingerprint density at radius 3 is 2.62 bits per heavy atom. The molecule has 0 aliphatic carbocycles. The summed E-state index contributed by atoms with van der Waals surface area (Å²) >= 11 is 0. The maximum Gasteiger partial charge on any atom is 0.207 e. The molecule has 26 heavy (non-hydrogen) atoms. The fraction of sp³-hybridized carbons (Fsp3) is 0.333. The number of nitrogens with one attached hydrogen (secondary N) is 1. The van der Waals surface area contributed by atoms with Crippen molar-refractivity contribution in [2.24, 2.45) is 0 Å². The number of rotatable bonds is 9. The van der Waals surface area contributed by atoms with E-state index in [0.717, 1.165) is 42.0 Å². The molecular formula is C21H25N3O2. The summed E-state index contributed by atoms with van der Waals surface area (Å²) in [6, 6.07) is 14.3. The van der Waals surface area contributed by atoms with Crippen molar-refractivity contribution in [3.05, 3.63) is 59.4 Å². The molecular weight excluding hydrogens is 326 g/mol. The molecule has 0 radical (unpaired) electrons. The minimum absolute atomic E-state index is 0.442. The van der Waals surface area contributed by atoms with Crippen LogP contribution >= 0.6 is 0 Å². The number of para-hydroxylation sites is 3. The van der Waals surface area contributed by atoms with Crippen LogP contribution in [-0.2, 0) is 17.9 Å². The third kappa shape index (κ3) is 4.04. The molecule has 0 atom stereocenters. The van der Waals surface area contributed by atoms with Crippen molar-refractivity contribution in [1.82, 2.24) is 14.9 Å². The van der Waals surface area contributed by atoms with Gasteiger partial charge in [0, 0.05) is 6.54 Å². The zero-order valence-corrected chi connectivity index (χ0v) is 15.4. The molecule has 5 heteroatoms. The molecule has 0 bridgehead atoms. The van der Waals surface area contributed by atoms with Gasteiger partial charge in [0.1, 0.15) is 11.6 Å². The standard InChI is InChI=1S/C21H25N3O2/c1-16-8-7-9-17(2)21(16)26-13-6-5-12-24-19-11-4-3-10-18(19)23-20(24)14-22-15-25/h3-4,7-11,15H,5-6,12-14H2,1-2H3,(H,22,25). The lowest BCUT2D eigenvalue weighted by atomic mass is 10.1. The Labute approximate surface area is 154 Å². The van der Waals surface area contributed by atoms with E-state index in [-0.39, 0.29) is 0 Å². The summed E-state index contributed by atoms with van der Waals surface area (Å²) in [4.78, 5) is 15.3. The molecule has 3 aromatic rings. The summed E-state index contributed by atoms with van der Waals surface area (Å²) in [5.41, 5.74) is 4.41. The smallest absolute Gasteiger partial charge is 0.207 e. The first-order valence-corrected chi connectivity index (χ1v) is 9.01. The number of amides is 1. The van der Waals surface area contributed by atoms with Gasteiger partial charge in [-0.3, -0.25) is 4.79 Å². The molecule has 0 unspecified atom stereocenters. The predicted molar refractivity (Wildman–Crippen MR) is 103 cm³/mol. The van der Waals surface area contributed by atoms with E-state index in [1.54, 1.807) is 0 Å². The van der Waals surface area contributed by atoms with E-state index in [4.69, 9.17) is 4.74 Å². The van der Waals surface area contributed by atoms with E-state index < -0.39 is 0 Å². The summed E-state index contributed by atoms with van der Waals surface area (Å²) in [5.74, 6) is 1.88. The van der Waals surface area contributed by atoms with Gasteiger partial charge in [0.15, 0.2) is 0 Å². The number of imidazole rings is 1. The molecule has 0 aliphatic heterocycles. The van der Waals surface area contributed by atoms with E-state index in [0.29, 0.717) is 19.6 Å². The van der Waals surface area contributed by atoms with Crippen LogP contribution in [0, 0.1) is 13.8 Å². The molecule has 5 nitrogen and oxygen atoms in total. The molecule has 3 rings (SSSR count). The molecule has 0 saturated carbocycles. The Hall–Kier alpha value is -2.82. The third-order valence-electron chi connectivity index (χ3n) is 4.51. The zero-order chi connectivity index (χ0) is 18.4. The van der Waals surface area contributed by atoms with E-state index in [1.165, 1.54) is 11.1 Å². The monoisotopic (exact) mass is 351 g/mol. The number of fused-ring (bicyclic) bond motifs is 1. The number of carbonyl (C=O) groups excluding carboxylic acids is 1. The van der Waals surface area contributed by atoms with Crippen LogP contribution in [0.1, 0.15) is 29.8 Å². The fourth-order valence-corrected chi connectivity index (χ4v) is 3.22. The van der Waals surface area contributed by atoms with Crippen molar-refractivity contribution in [2.45, 2.75) is 39.8 Å². The molecule has 1 heterocycles. The van der Waals surface area contributed by atoms with Crippen molar-refractivity contribution in [3.8, 4) is 5.75 Å². The molecule has 0 saturated heterocycles. The van der Waals surface area contributed by atoms with E-state index >= 15 is 0 Å². The molecule has 0 aliphatic rings. The highest BCUT2D eigenvalue weighted by Crippen LogP contribution is 2.22. The second kappa shape index (κ2) is 8.52. The van der Waals surface area contributed by atoms with Crippen molar-refractivity contribution < 1.29 is 9.53 Å². The summed E-state index contributed by atoms with van der Waals surface area (Å²) in [5, 5.41) is 2.71. The molecule has 2 aromatic carbocycles. The number of hydrogen-bond donors (Lipinski definition) is 1. The second-order valence-electron chi connectivity index (χ2n) is 6.44. The van der Waals surface area contributed by atoms with Crippen LogP contribution in [0.4, 0.5) is 0 Å². The lowest BCUT2D eigenvalue weighted by Crippen LogP contribution is -2.15. The van der Waals surface area contributed by atoms with E-state index in [1.807, 2.05) is 18.2 Å². The summed E-state index contributed by atoms with van der Waals surface area (Å²) < 4.78 is 8.17. The van der Waals surface area contributed by atoms with Gasteiger partial charge in [-0.2, -0.15) is 0 Å². The first-order chi connectivity index (χ1) is 12.7. The number of ether oxygens (including phenoxy) is 1. The Balaban J connectivity index is 1.60. The SMILES string of the molecule is Cc1cccc(C)c1OCCCCn1c(CNC=O)nc2ccccc21. The van der Waals surface area contributed by atoms with Crippen LogP contribution < -0.4 is 10.1 Å². The second-order valence-corrected chi connectivity index (χ2v) is 6.44. The zero-order valence-electron chi connectivity index (χ0n) is 15.4. The van der Waals surface area contributed by atoms with Crippen LogP contribution in [0.15, 0.2) is 42.5 Å². The summed E-state index contributed by atoms with van der Waals surface area (Å²) in [6.07, 6.45) is 2.66. The Morgan fingerprint density at radius 2 is 1.85 bits per heavy atom. The van der Waals surface area contributed by atoms with Crippen LogP contribution in [-0.4, -0.2) is 22.6 Å². The fourth-order valence-electron chi connectivity index (χ4n) is 3.22. The van der Waals surface area contributed by atoms with Crippen molar-refractivity contribution in [2.75, 3.05) is 6.61 Å². The predicted octanol–water partition coefficient (Wildman–Crippen LogP) is 3.76. The number of hydrogen-bond acceptors (Lipinski definition) is 3. The average Bonchev–Trinajstić information content (AvgIpc) is 2.99. The van der Waals surface area contributed by atoms with Gasteiger partial charge in [-0.15, -0.1) is 0 Å². The molecule has 0 fully saturated rings. The number of carbonyl (C=O) groups is 1. The van der Waals surface area contributed by atoms with Gasteiger partial charge in [0.2, 0.25) is 6.41 Å². The van der Waals surface area contributed by atoms with Gasteiger partial charge in [-0.05, 0) is 49.9 Å². The lowest BCUT2D eigenvalue weighted by Gasteiger charge is -2.12. The number of aryl methyl sites for hydroxylation is 3. The van der Waals surface area contributed by atoms with Crippen LogP contribution in [0.3, 0.4) is 0 Å². The van der Waals surface area contributed by atoms with Crippen LogP contribution in [0.2, 0.25) is 0 Å². The minimum Gasteiger partial charge on any atom is -0.493 e. The Bertz CT molecular complexity index is 866. The number of benzene rings is 2. The Kier molecular flexibility index (Phi) is 5.89. The van der Waals surface area contributed by atoms with Crippen molar-refractivity contribution in [3.63, 3.8) is 0 Å². The quantitative estimate of drug-likeness (QED) is 0.472. The normalized spacial score (nSPS) is 10.8. The highest BCUT2D eigenvalue weighted by molar-refractivity contribution is 5.75. The number of aromatic nitrogens is 2. The van der Waals surface area contributed by atoms with Crippen molar-refractivity contribution in [1.29, 1.82) is 0 Å². The van der Waals surface area contributed by atoms with Gasteiger partial charge in [0.05, 0.1) is 24.2 Å². The van der Waals surface area contributed by atoms with Gasteiger partial charge >= 0.3 is 0 Å². The third-order valence-corrected chi connectivity index (χ3v) is 4.51. The molecule has 0 spiro atoms. The van der Waals surface area contributed by atoms with Crippen LogP contribution in [0.5, 0.6) is 5.75 Å². The van der Waals surface area contributed by atoms with E-state index in [2.05, 4.69) is 53.0 Å². The molecule has 1 N–H and O–H groups in total. The number of nitrogens with zero attached hydrogens (tertiary/aromatic N) is 2. The lowest BCUT2D eigenvalue weighted by molar-refractivity contribution is -0.109. The minimum atomic E-state index is 0.442. The maximum atomic E-state index is 10.6. The maximum absolute atomic E-state index is 10.6. The topological polar surface area (TPSA) is 56.1 Å². The van der Waals surface area contributed by atoms with Gasteiger partial charge in [0.25, 0.3) is 0 Å². The largest absolute Gasteiger partial charge is 0.493 e. The van der Waals surface area contributed by atoms with Crippen molar-refractivity contribution >= 4 is 17.4 Å². The van der Waals surface area contributed by atoms with Gasteiger partial charge in [-0.25, -0.2) is 4.98 Å². The highest BCUT2D eigenvalue weighted by Gasteiger charge is 2.10. The molecule has 1 aromatic heterocycles. The Morgan fingerprint density at radius 1 is 1.08 bits per heavy atom. The average molecular weight is 351 g/mol. The first kappa shape index (κ1) is 18.0. The number of unbranched alkanes of at least 4 members (excludes halogenated alkanes) is 1. The highest BCUT2D eigenvalue weighted by atomic mass is 16.5. The van der Waals surface area contributed by atoms with Gasteiger partial charge < -0.3 is 14.6 Å². The summed E-state index contributed by atoms with van der Waals surface area (Å²) in [6.45, 7) is 6.14. The van der Waals surface area contributed by atoms with Crippen LogP contribution in [0.25, 0.3) is 11.0 Å². The summed E-state index contributed by atoms with van der Waals surface area (Å²) in [7, 11) is 0. The molecule has 136 valence electrons.